The van der Waals surface area contributed by atoms with Gasteiger partial charge in [0, 0.05) is 12.0 Å². The maximum absolute atomic E-state index is 13.8. The van der Waals surface area contributed by atoms with Gasteiger partial charge in [-0.2, -0.15) is 0 Å². The van der Waals surface area contributed by atoms with Crippen molar-refractivity contribution in [3.05, 3.63) is 99.5 Å². The fourth-order valence-corrected chi connectivity index (χ4v) is 3.27. The van der Waals surface area contributed by atoms with Gasteiger partial charge in [0.2, 0.25) is 0 Å². The van der Waals surface area contributed by atoms with Gasteiger partial charge in [-0.3, -0.25) is 14.3 Å². The molecule has 150 valence electrons. The zero-order valence-corrected chi connectivity index (χ0v) is 15.9. The lowest BCUT2D eigenvalue weighted by Crippen LogP contribution is -2.09. The Kier molecular flexibility index (Phi) is 5.10. The van der Waals surface area contributed by atoms with Crippen molar-refractivity contribution in [2.24, 2.45) is 0 Å². The molecular formula is C23H16F2N2O3. The fraction of sp³-hybridized carbons (Fsp3) is 0.0870. The normalized spacial score (nSPS) is 10.9. The molecule has 1 N–H and O–H groups in total. The van der Waals surface area contributed by atoms with Crippen molar-refractivity contribution in [2.75, 3.05) is 0 Å². The number of aromatic nitrogens is 2. The number of aromatic amines is 1. The zero-order chi connectivity index (χ0) is 21.3. The summed E-state index contributed by atoms with van der Waals surface area (Å²) >= 11 is 0. The molecule has 0 fully saturated rings. The lowest BCUT2D eigenvalue weighted by Gasteiger charge is -2.09. The van der Waals surface area contributed by atoms with Crippen LogP contribution in [0.3, 0.4) is 0 Å². The number of carbonyl (C=O) groups is 1. The second kappa shape index (κ2) is 7.87. The van der Waals surface area contributed by atoms with E-state index in [9.17, 15) is 18.4 Å². The highest BCUT2D eigenvalue weighted by molar-refractivity contribution is 5.98. The van der Waals surface area contributed by atoms with Crippen LogP contribution in [0, 0.1) is 18.6 Å². The third-order valence-corrected chi connectivity index (χ3v) is 4.82. The molecule has 0 aliphatic carbocycles. The summed E-state index contributed by atoms with van der Waals surface area (Å²) in [5.74, 6) is -2.65. The molecule has 7 heteroatoms. The second-order valence-corrected chi connectivity index (χ2v) is 6.87. The van der Waals surface area contributed by atoms with E-state index in [1.54, 1.807) is 12.1 Å². The zero-order valence-electron chi connectivity index (χ0n) is 15.9. The highest BCUT2D eigenvalue weighted by Crippen LogP contribution is 2.28. The number of Topliss-reactive ketones (excluding diaryl/α,β-unsaturated/α-hetero) is 1. The Balaban J connectivity index is 1.60. The van der Waals surface area contributed by atoms with Gasteiger partial charge in [0.1, 0.15) is 11.6 Å². The Bertz CT molecular complexity index is 1270. The molecule has 4 rings (SSSR count). The quantitative estimate of drug-likeness (QED) is 0.487. The van der Waals surface area contributed by atoms with Crippen LogP contribution < -0.4 is 5.76 Å². The third kappa shape index (κ3) is 3.82. The van der Waals surface area contributed by atoms with Gasteiger partial charge in [-0.05, 0) is 47.4 Å². The molecule has 0 aliphatic heterocycles. The van der Waals surface area contributed by atoms with Crippen molar-refractivity contribution in [1.29, 1.82) is 0 Å². The lowest BCUT2D eigenvalue weighted by atomic mass is 9.95. The molecule has 1 aromatic heterocycles. The SMILES string of the molecule is Cc1ccc(-c2noc(=O)[nH]2)cc1-c1ccc(CC(=O)c2c(F)cccc2F)cc1. The van der Waals surface area contributed by atoms with Gasteiger partial charge in [0.15, 0.2) is 11.6 Å². The van der Waals surface area contributed by atoms with Crippen molar-refractivity contribution >= 4 is 5.78 Å². The van der Waals surface area contributed by atoms with Crippen LogP contribution in [0.1, 0.15) is 21.5 Å². The number of ketones is 1. The minimum Gasteiger partial charge on any atom is -0.296 e. The van der Waals surface area contributed by atoms with Crippen LogP contribution in [-0.2, 0) is 6.42 Å². The van der Waals surface area contributed by atoms with Crippen LogP contribution in [0.4, 0.5) is 8.78 Å². The summed E-state index contributed by atoms with van der Waals surface area (Å²) in [6, 6.07) is 16.1. The van der Waals surface area contributed by atoms with Gasteiger partial charge in [-0.15, -0.1) is 0 Å². The molecule has 3 aromatic carbocycles. The molecule has 0 amide bonds. The first-order chi connectivity index (χ1) is 14.4. The van der Waals surface area contributed by atoms with Gasteiger partial charge in [-0.25, -0.2) is 13.6 Å². The third-order valence-electron chi connectivity index (χ3n) is 4.82. The van der Waals surface area contributed by atoms with E-state index < -0.39 is 28.7 Å². The molecule has 0 atom stereocenters. The average Bonchev–Trinajstić information content (AvgIpc) is 3.15. The maximum Gasteiger partial charge on any atom is 0.439 e. The molecule has 30 heavy (non-hydrogen) atoms. The van der Waals surface area contributed by atoms with Crippen LogP contribution >= 0.6 is 0 Å². The van der Waals surface area contributed by atoms with Gasteiger partial charge < -0.3 is 0 Å². The summed E-state index contributed by atoms with van der Waals surface area (Å²) in [7, 11) is 0. The number of H-pyrrole nitrogens is 1. The topological polar surface area (TPSA) is 76.0 Å². The highest BCUT2D eigenvalue weighted by atomic mass is 19.1. The Hall–Kier alpha value is -3.87. The number of carbonyl (C=O) groups excluding carboxylic acids is 1. The van der Waals surface area contributed by atoms with E-state index in [1.807, 2.05) is 37.3 Å². The number of nitrogens with zero attached hydrogens (tertiary/aromatic N) is 1. The molecular weight excluding hydrogens is 390 g/mol. The van der Waals surface area contributed by atoms with Crippen LogP contribution in [0.5, 0.6) is 0 Å². The summed E-state index contributed by atoms with van der Waals surface area (Å²) < 4.78 is 32.2. The Morgan fingerprint density at radius 2 is 1.67 bits per heavy atom. The summed E-state index contributed by atoms with van der Waals surface area (Å²) in [5, 5.41) is 3.70. The number of aryl methyl sites for hydroxylation is 1. The first kappa shape index (κ1) is 19.4. The van der Waals surface area contributed by atoms with E-state index in [-0.39, 0.29) is 6.42 Å². The largest absolute Gasteiger partial charge is 0.439 e. The van der Waals surface area contributed by atoms with Crippen LogP contribution in [0.25, 0.3) is 22.5 Å². The summed E-state index contributed by atoms with van der Waals surface area (Å²) in [6.45, 7) is 1.95. The van der Waals surface area contributed by atoms with Crippen LogP contribution in [0.15, 0.2) is 70.0 Å². The van der Waals surface area contributed by atoms with Crippen molar-refractivity contribution in [3.8, 4) is 22.5 Å². The molecule has 5 nitrogen and oxygen atoms in total. The lowest BCUT2D eigenvalue weighted by molar-refractivity contribution is 0.0985. The first-order valence-corrected chi connectivity index (χ1v) is 9.16. The molecule has 4 aromatic rings. The minimum atomic E-state index is -0.866. The maximum atomic E-state index is 13.8. The van der Waals surface area contributed by atoms with Crippen molar-refractivity contribution < 1.29 is 18.1 Å². The summed E-state index contributed by atoms with van der Waals surface area (Å²) in [4.78, 5) is 26.1. The van der Waals surface area contributed by atoms with E-state index in [1.165, 1.54) is 6.07 Å². The monoisotopic (exact) mass is 406 g/mol. The van der Waals surface area contributed by atoms with E-state index >= 15 is 0 Å². The molecule has 0 unspecified atom stereocenters. The predicted octanol–water partition coefficient (Wildman–Crippen LogP) is 4.71. The van der Waals surface area contributed by atoms with Gasteiger partial charge in [-0.1, -0.05) is 47.6 Å². The summed E-state index contributed by atoms with van der Waals surface area (Å²) in [6.07, 6.45) is -0.114. The summed E-state index contributed by atoms with van der Waals surface area (Å²) in [5.41, 5.74) is 3.60. The van der Waals surface area contributed by atoms with E-state index in [0.717, 1.165) is 28.8 Å². The van der Waals surface area contributed by atoms with E-state index in [2.05, 4.69) is 14.7 Å². The smallest absolute Gasteiger partial charge is 0.296 e. The first-order valence-electron chi connectivity index (χ1n) is 9.16. The predicted molar refractivity (Wildman–Crippen MR) is 107 cm³/mol. The van der Waals surface area contributed by atoms with Gasteiger partial charge in [0.25, 0.3) is 0 Å². The fourth-order valence-electron chi connectivity index (χ4n) is 3.27. The van der Waals surface area contributed by atoms with Gasteiger partial charge in [0.05, 0.1) is 5.56 Å². The average molecular weight is 406 g/mol. The van der Waals surface area contributed by atoms with E-state index in [4.69, 9.17) is 0 Å². The van der Waals surface area contributed by atoms with Crippen LogP contribution in [0.2, 0.25) is 0 Å². The van der Waals surface area contributed by atoms with Crippen molar-refractivity contribution in [1.82, 2.24) is 10.1 Å². The Labute approximate surface area is 170 Å². The molecule has 0 bridgehead atoms. The van der Waals surface area contributed by atoms with Gasteiger partial charge >= 0.3 is 5.76 Å². The molecule has 0 saturated heterocycles. The molecule has 1 heterocycles. The number of halogens is 2. The van der Waals surface area contributed by atoms with Crippen LogP contribution in [-0.4, -0.2) is 15.9 Å². The van der Waals surface area contributed by atoms with Crippen molar-refractivity contribution in [2.45, 2.75) is 13.3 Å². The highest BCUT2D eigenvalue weighted by Gasteiger charge is 2.17. The molecule has 0 radical (unpaired) electrons. The molecule has 0 aliphatic rings. The number of benzene rings is 3. The second-order valence-electron chi connectivity index (χ2n) is 6.87. The molecule has 0 spiro atoms. The number of nitrogens with one attached hydrogen (secondary N) is 1. The number of rotatable bonds is 5. The Morgan fingerprint density at radius 3 is 2.30 bits per heavy atom. The molecule has 0 saturated carbocycles. The standard InChI is InChI=1S/C23H16F2N2O3/c1-13-5-8-16(22-26-23(29)30-27-22)12-17(13)15-9-6-14(7-10-15)11-20(28)21-18(24)3-2-4-19(21)25/h2-10,12H,11H2,1H3,(H,26,27,29). The Morgan fingerprint density at radius 1 is 1.00 bits per heavy atom. The number of hydrogen-bond acceptors (Lipinski definition) is 4. The minimum absolute atomic E-state index is 0.114. The van der Waals surface area contributed by atoms with E-state index in [0.29, 0.717) is 17.0 Å². The van der Waals surface area contributed by atoms with Crippen molar-refractivity contribution in [3.63, 3.8) is 0 Å². The number of hydrogen-bond donors (Lipinski definition) is 1.